The van der Waals surface area contributed by atoms with E-state index >= 15 is 0 Å². The van der Waals surface area contributed by atoms with E-state index in [4.69, 9.17) is 4.52 Å². The van der Waals surface area contributed by atoms with Crippen molar-refractivity contribution in [2.75, 3.05) is 13.1 Å². The Morgan fingerprint density at radius 2 is 2.08 bits per heavy atom. The molecule has 25 heavy (non-hydrogen) atoms. The van der Waals surface area contributed by atoms with Gasteiger partial charge in [0.2, 0.25) is 11.8 Å². The van der Waals surface area contributed by atoms with Gasteiger partial charge in [-0.05, 0) is 32.1 Å². The standard InChI is InChI=1S/C19H32N4O2/c1-6-13-11-23(17(24)14-7-8-14)10-9-15(13)20-12(2)16-21-18(22-25-16)19(3,4)5/h12-15,20H,6-11H2,1-5H3/t12-,13+,15-/m0/s1. The minimum Gasteiger partial charge on any atom is -0.342 e. The molecule has 0 radical (unpaired) electrons. The molecule has 0 aromatic carbocycles. The fraction of sp³-hybridized carbons (Fsp3) is 0.842. The smallest absolute Gasteiger partial charge is 0.243 e. The molecule has 2 heterocycles. The largest absolute Gasteiger partial charge is 0.342 e. The second kappa shape index (κ2) is 7.06. The van der Waals surface area contributed by atoms with Crippen LogP contribution in [0.5, 0.6) is 0 Å². The molecule has 3 atom stereocenters. The number of amides is 1. The minimum absolute atomic E-state index is 0.0216. The Balaban J connectivity index is 1.59. The highest BCUT2D eigenvalue weighted by Gasteiger charge is 2.38. The van der Waals surface area contributed by atoms with Gasteiger partial charge in [-0.25, -0.2) is 0 Å². The molecule has 1 aromatic heterocycles. The summed E-state index contributed by atoms with van der Waals surface area (Å²) in [5, 5.41) is 7.79. The molecule has 2 fully saturated rings. The first-order valence-electron chi connectivity index (χ1n) is 9.68. The van der Waals surface area contributed by atoms with Crippen LogP contribution in [0.2, 0.25) is 0 Å². The zero-order valence-electron chi connectivity index (χ0n) is 16.2. The molecule has 2 aliphatic rings. The molecule has 1 amide bonds. The Morgan fingerprint density at radius 3 is 2.64 bits per heavy atom. The molecule has 1 N–H and O–H groups in total. The summed E-state index contributed by atoms with van der Waals surface area (Å²) < 4.78 is 5.47. The molecule has 140 valence electrons. The topological polar surface area (TPSA) is 71.3 Å². The predicted octanol–water partition coefficient (Wildman–Crippen LogP) is 3.05. The van der Waals surface area contributed by atoms with Gasteiger partial charge in [0.15, 0.2) is 5.82 Å². The molecule has 1 aromatic rings. The number of piperidine rings is 1. The van der Waals surface area contributed by atoms with E-state index in [-0.39, 0.29) is 11.5 Å². The third-order valence-electron chi connectivity index (χ3n) is 5.44. The number of nitrogens with zero attached hydrogens (tertiary/aromatic N) is 3. The fourth-order valence-electron chi connectivity index (χ4n) is 3.56. The van der Waals surface area contributed by atoms with Crippen LogP contribution in [0.3, 0.4) is 0 Å². The third-order valence-corrected chi connectivity index (χ3v) is 5.44. The zero-order valence-corrected chi connectivity index (χ0v) is 16.2. The molecule has 0 unspecified atom stereocenters. The summed E-state index contributed by atoms with van der Waals surface area (Å²) in [5.41, 5.74) is -0.109. The van der Waals surface area contributed by atoms with Crippen molar-refractivity contribution in [1.29, 1.82) is 0 Å². The summed E-state index contributed by atoms with van der Waals surface area (Å²) in [7, 11) is 0. The van der Waals surface area contributed by atoms with Gasteiger partial charge >= 0.3 is 0 Å². The van der Waals surface area contributed by atoms with Gasteiger partial charge in [0.1, 0.15) is 0 Å². The Hall–Kier alpha value is -1.43. The summed E-state index contributed by atoms with van der Waals surface area (Å²) >= 11 is 0. The maximum atomic E-state index is 12.3. The number of likely N-dealkylation sites (tertiary alicyclic amines) is 1. The van der Waals surface area contributed by atoms with Gasteiger partial charge in [0.05, 0.1) is 6.04 Å². The molecule has 1 aliphatic carbocycles. The lowest BCUT2D eigenvalue weighted by Gasteiger charge is -2.39. The van der Waals surface area contributed by atoms with Crippen molar-refractivity contribution in [2.45, 2.75) is 77.8 Å². The summed E-state index contributed by atoms with van der Waals surface area (Å²) in [5.74, 6) is 2.56. The quantitative estimate of drug-likeness (QED) is 0.885. The van der Waals surface area contributed by atoms with Crippen molar-refractivity contribution in [1.82, 2.24) is 20.4 Å². The van der Waals surface area contributed by atoms with Crippen LogP contribution in [0, 0.1) is 11.8 Å². The predicted molar refractivity (Wildman–Crippen MR) is 96.0 cm³/mol. The number of carbonyl (C=O) groups is 1. The average molecular weight is 348 g/mol. The summed E-state index contributed by atoms with van der Waals surface area (Å²) in [6.45, 7) is 12.3. The van der Waals surface area contributed by atoms with Crippen LogP contribution in [0.25, 0.3) is 0 Å². The number of rotatable bonds is 5. The van der Waals surface area contributed by atoms with Crippen molar-refractivity contribution in [3.05, 3.63) is 11.7 Å². The Morgan fingerprint density at radius 1 is 1.36 bits per heavy atom. The van der Waals surface area contributed by atoms with E-state index in [0.29, 0.717) is 29.7 Å². The highest BCUT2D eigenvalue weighted by atomic mass is 16.5. The monoisotopic (exact) mass is 348 g/mol. The second-order valence-electron chi connectivity index (χ2n) is 8.72. The van der Waals surface area contributed by atoms with Crippen LogP contribution in [-0.2, 0) is 10.2 Å². The van der Waals surface area contributed by atoms with Gasteiger partial charge in [-0.15, -0.1) is 0 Å². The number of aromatic nitrogens is 2. The van der Waals surface area contributed by atoms with Gasteiger partial charge in [0.25, 0.3) is 0 Å². The number of hydrogen-bond donors (Lipinski definition) is 1. The molecule has 1 saturated heterocycles. The van der Waals surface area contributed by atoms with Gasteiger partial charge in [-0.1, -0.05) is 39.3 Å². The molecule has 1 aliphatic heterocycles. The van der Waals surface area contributed by atoms with Gasteiger partial charge in [-0.3, -0.25) is 4.79 Å². The Kier molecular flexibility index (Phi) is 5.19. The van der Waals surface area contributed by atoms with E-state index in [1.54, 1.807) is 0 Å². The van der Waals surface area contributed by atoms with Crippen molar-refractivity contribution >= 4 is 5.91 Å². The van der Waals surface area contributed by atoms with E-state index in [9.17, 15) is 4.79 Å². The first-order chi connectivity index (χ1) is 11.8. The first-order valence-corrected chi connectivity index (χ1v) is 9.68. The number of nitrogens with one attached hydrogen (secondary N) is 1. The summed E-state index contributed by atoms with van der Waals surface area (Å²) in [6, 6.07) is 0.404. The maximum absolute atomic E-state index is 12.3. The Labute approximate surface area is 150 Å². The maximum Gasteiger partial charge on any atom is 0.243 e. The van der Waals surface area contributed by atoms with Crippen LogP contribution in [0.15, 0.2) is 4.52 Å². The summed E-state index contributed by atoms with van der Waals surface area (Å²) in [6.07, 6.45) is 4.22. The van der Waals surface area contributed by atoms with Crippen LogP contribution in [-0.4, -0.2) is 40.1 Å². The number of carbonyl (C=O) groups excluding carboxylic acids is 1. The lowest BCUT2D eigenvalue weighted by molar-refractivity contribution is -0.134. The van der Waals surface area contributed by atoms with Gasteiger partial charge in [-0.2, -0.15) is 4.98 Å². The first kappa shape index (κ1) is 18.4. The SMILES string of the molecule is CC[C@@H]1CN(C(=O)C2CC2)CC[C@@H]1N[C@@H](C)c1nc(C(C)(C)C)no1. The lowest BCUT2D eigenvalue weighted by atomic mass is 9.89. The van der Waals surface area contributed by atoms with Crippen molar-refractivity contribution < 1.29 is 9.32 Å². The second-order valence-corrected chi connectivity index (χ2v) is 8.72. The molecule has 6 nitrogen and oxygen atoms in total. The van der Waals surface area contributed by atoms with E-state index in [1.807, 2.05) is 0 Å². The molecule has 6 heteroatoms. The molecule has 3 rings (SSSR count). The molecule has 1 saturated carbocycles. The molecule has 0 bridgehead atoms. The zero-order chi connectivity index (χ0) is 18.2. The summed E-state index contributed by atoms with van der Waals surface area (Å²) in [4.78, 5) is 19.0. The average Bonchev–Trinajstić information content (AvgIpc) is 3.28. The Bertz CT molecular complexity index is 603. The van der Waals surface area contributed by atoms with E-state index in [2.05, 4.69) is 55.0 Å². The van der Waals surface area contributed by atoms with Crippen molar-refractivity contribution in [2.24, 2.45) is 11.8 Å². The van der Waals surface area contributed by atoms with E-state index in [1.165, 1.54) is 0 Å². The highest BCUT2D eigenvalue weighted by molar-refractivity contribution is 5.81. The molecule has 0 spiro atoms. The van der Waals surface area contributed by atoms with Gasteiger partial charge < -0.3 is 14.7 Å². The highest BCUT2D eigenvalue weighted by Crippen LogP contribution is 2.33. The van der Waals surface area contributed by atoms with Crippen LogP contribution in [0.4, 0.5) is 0 Å². The molecular weight excluding hydrogens is 316 g/mol. The number of hydrogen-bond acceptors (Lipinski definition) is 5. The fourth-order valence-corrected chi connectivity index (χ4v) is 3.56. The van der Waals surface area contributed by atoms with Crippen molar-refractivity contribution in [3.8, 4) is 0 Å². The van der Waals surface area contributed by atoms with Gasteiger partial charge in [0, 0.05) is 30.5 Å². The normalized spacial score (nSPS) is 25.9. The lowest BCUT2D eigenvalue weighted by Crippen LogP contribution is -2.51. The third kappa shape index (κ3) is 4.22. The van der Waals surface area contributed by atoms with E-state index < -0.39 is 0 Å². The van der Waals surface area contributed by atoms with Crippen molar-refractivity contribution in [3.63, 3.8) is 0 Å². The van der Waals surface area contributed by atoms with Crippen LogP contribution in [0.1, 0.15) is 78.1 Å². The van der Waals surface area contributed by atoms with E-state index in [0.717, 1.165) is 44.6 Å². The van der Waals surface area contributed by atoms with Crippen LogP contribution < -0.4 is 5.32 Å². The minimum atomic E-state index is -0.109. The molecular formula is C19H32N4O2. The van der Waals surface area contributed by atoms with Crippen LogP contribution >= 0.6 is 0 Å².